The number of carboxylic acids is 1. The quantitative estimate of drug-likeness (QED) is 0.689. The van der Waals surface area contributed by atoms with Gasteiger partial charge in [0.1, 0.15) is 4.75 Å². The van der Waals surface area contributed by atoms with Gasteiger partial charge in [-0.1, -0.05) is 12.5 Å². The third-order valence-electron chi connectivity index (χ3n) is 6.32. The minimum Gasteiger partial charge on any atom is -0.475 e. The molecule has 0 bridgehead atoms. The zero-order valence-corrected chi connectivity index (χ0v) is 18.1. The van der Waals surface area contributed by atoms with Crippen LogP contribution in [-0.2, 0) is 30.8 Å². The summed E-state index contributed by atoms with van der Waals surface area (Å²) in [6.07, 6.45) is 0.265. The van der Waals surface area contributed by atoms with E-state index in [4.69, 9.17) is 14.6 Å². The Morgan fingerprint density at radius 3 is 2.38 bits per heavy atom. The van der Waals surface area contributed by atoms with Crippen LogP contribution in [0, 0.1) is 11.8 Å². The van der Waals surface area contributed by atoms with Crippen LogP contribution in [0.3, 0.4) is 0 Å². The number of hydrogen-bond acceptors (Lipinski definition) is 6. The third kappa shape index (κ3) is 5.06. The summed E-state index contributed by atoms with van der Waals surface area (Å²) in [7, 11) is -3.16. The lowest BCUT2D eigenvalue weighted by Gasteiger charge is -2.51. The maximum Gasteiger partial charge on any atom is 0.490 e. The van der Waals surface area contributed by atoms with Crippen molar-refractivity contribution in [2.75, 3.05) is 25.4 Å². The maximum atomic E-state index is 12.6. The Bertz CT molecular complexity index is 928. The van der Waals surface area contributed by atoms with E-state index >= 15 is 0 Å². The molecule has 2 aliphatic heterocycles. The SMILES string of the molecule is O=C(C1CCC1)N1CC2(C1)C(COCc1ccccn1)CCS2(=O)=O.O=C(O)C(F)(F)F. The fraction of sp³-hybridized carbons (Fsp3) is 0.650. The largest absolute Gasteiger partial charge is 0.490 e. The molecule has 0 aromatic carbocycles. The molecule has 3 heterocycles. The van der Waals surface area contributed by atoms with Crippen LogP contribution in [0.1, 0.15) is 31.4 Å². The van der Waals surface area contributed by atoms with Crippen LogP contribution in [0.25, 0.3) is 0 Å². The smallest absolute Gasteiger partial charge is 0.475 e. The summed E-state index contributed by atoms with van der Waals surface area (Å²) < 4.78 is 62.0. The fourth-order valence-electron chi connectivity index (χ4n) is 4.17. The average Bonchev–Trinajstić information content (AvgIpc) is 2.90. The summed E-state index contributed by atoms with van der Waals surface area (Å²) >= 11 is 0. The van der Waals surface area contributed by atoms with Gasteiger partial charge in [-0.15, -0.1) is 0 Å². The predicted octanol–water partition coefficient (Wildman–Crippen LogP) is 2.05. The molecular weight excluding hydrogens is 453 g/mol. The van der Waals surface area contributed by atoms with Gasteiger partial charge in [0.15, 0.2) is 9.84 Å². The van der Waals surface area contributed by atoms with Gasteiger partial charge < -0.3 is 14.7 Å². The van der Waals surface area contributed by atoms with Crippen molar-refractivity contribution in [3.63, 3.8) is 0 Å². The van der Waals surface area contributed by atoms with Gasteiger partial charge >= 0.3 is 12.1 Å². The molecular formula is C20H25F3N2O6S. The molecule has 1 unspecified atom stereocenters. The Hall–Kier alpha value is -2.21. The molecule has 12 heteroatoms. The lowest BCUT2D eigenvalue weighted by Crippen LogP contribution is -2.69. The minimum absolute atomic E-state index is 0.0355. The number of rotatable bonds is 5. The van der Waals surface area contributed by atoms with Gasteiger partial charge in [-0.25, -0.2) is 13.2 Å². The zero-order chi connectivity index (χ0) is 23.6. The second-order valence-corrected chi connectivity index (χ2v) is 10.8. The van der Waals surface area contributed by atoms with Crippen molar-refractivity contribution in [3.8, 4) is 0 Å². The predicted molar refractivity (Wildman–Crippen MR) is 106 cm³/mol. The van der Waals surface area contributed by atoms with E-state index in [1.807, 2.05) is 18.2 Å². The Balaban J connectivity index is 0.000000360. The molecule has 0 radical (unpaired) electrons. The van der Waals surface area contributed by atoms with E-state index in [9.17, 15) is 26.4 Å². The Kier molecular flexibility index (Phi) is 7.13. The molecule has 4 rings (SSSR count). The summed E-state index contributed by atoms with van der Waals surface area (Å²) in [5.74, 6) is -2.32. The standard InChI is InChI=1S/C18H24N2O4S.C2HF3O2/c21-17(14-4-3-5-14)20-12-18(13-20)15(7-9-25(18,22)23)10-24-11-16-6-1-2-8-19-16;3-2(4,5)1(6)7/h1-2,6,8,14-15H,3-5,7,9-13H2;(H,6,7). The Morgan fingerprint density at radius 2 is 1.88 bits per heavy atom. The first-order valence-corrected chi connectivity index (χ1v) is 11.9. The van der Waals surface area contributed by atoms with Gasteiger partial charge in [-0.05, 0) is 31.4 Å². The Labute approximate surface area is 183 Å². The molecule has 1 atom stereocenters. The average molecular weight is 478 g/mol. The van der Waals surface area contributed by atoms with E-state index in [-0.39, 0.29) is 23.5 Å². The van der Waals surface area contributed by atoms with Gasteiger partial charge in [-0.3, -0.25) is 9.78 Å². The number of aromatic nitrogens is 1. The van der Waals surface area contributed by atoms with Gasteiger partial charge in [-0.2, -0.15) is 13.2 Å². The number of alkyl halides is 3. The number of pyridine rings is 1. The number of hydrogen-bond donors (Lipinski definition) is 1. The fourth-order valence-corrected chi connectivity index (χ4v) is 6.57. The number of aliphatic carboxylic acids is 1. The molecule has 3 aliphatic rings. The summed E-state index contributed by atoms with van der Waals surface area (Å²) in [4.78, 5) is 27.2. The number of halogens is 3. The molecule has 1 aliphatic carbocycles. The Morgan fingerprint density at radius 1 is 1.22 bits per heavy atom. The van der Waals surface area contributed by atoms with Gasteiger partial charge in [0.25, 0.3) is 0 Å². The molecule has 1 N–H and O–H groups in total. The number of carboxylic acid groups (broad SMARTS) is 1. The topological polar surface area (TPSA) is 114 Å². The van der Waals surface area contributed by atoms with Gasteiger partial charge in [0.05, 0.1) is 24.7 Å². The first-order chi connectivity index (χ1) is 15.0. The second kappa shape index (κ2) is 9.34. The summed E-state index contributed by atoms with van der Waals surface area (Å²) in [6, 6.07) is 5.65. The first-order valence-electron chi connectivity index (χ1n) is 10.2. The summed E-state index contributed by atoms with van der Waals surface area (Å²) in [6.45, 7) is 1.49. The van der Waals surface area contributed by atoms with Crippen LogP contribution in [-0.4, -0.2) is 71.7 Å². The van der Waals surface area contributed by atoms with Crippen molar-refractivity contribution in [1.82, 2.24) is 9.88 Å². The zero-order valence-electron chi connectivity index (χ0n) is 17.3. The van der Waals surface area contributed by atoms with Crippen molar-refractivity contribution in [2.45, 2.75) is 43.2 Å². The van der Waals surface area contributed by atoms with Crippen LogP contribution in [0.2, 0.25) is 0 Å². The lowest BCUT2D eigenvalue weighted by atomic mass is 9.79. The van der Waals surface area contributed by atoms with E-state index in [1.165, 1.54) is 0 Å². The molecule has 1 spiro atoms. The monoisotopic (exact) mass is 478 g/mol. The molecule has 2 saturated heterocycles. The number of carbonyl (C=O) groups excluding carboxylic acids is 1. The van der Waals surface area contributed by atoms with Crippen LogP contribution < -0.4 is 0 Å². The lowest BCUT2D eigenvalue weighted by molar-refractivity contribution is -0.192. The first kappa shape index (κ1) is 24.4. The van der Waals surface area contributed by atoms with Crippen molar-refractivity contribution in [3.05, 3.63) is 30.1 Å². The van der Waals surface area contributed by atoms with Crippen LogP contribution in [0.15, 0.2) is 24.4 Å². The molecule has 1 aromatic heterocycles. The molecule has 178 valence electrons. The van der Waals surface area contributed by atoms with Crippen LogP contribution >= 0.6 is 0 Å². The van der Waals surface area contributed by atoms with E-state index in [0.717, 1.165) is 25.0 Å². The molecule has 1 saturated carbocycles. The van der Waals surface area contributed by atoms with Crippen molar-refractivity contribution in [1.29, 1.82) is 0 Å². The minimum atomic E-state index is -5.08. The molecule has 8 nitrogen and oxygen atoms in total. The maximum absolute atomic E-state index is 12.6. The number of nitrogens with zero attached hydrogens (tertiary/aromatic N) is 2. The highest BCUT2D eigenvalue weighted by Crippen LogP contribution is 2.46. The van der Waals surface area contributed by atoms with Crippen molar-refractivity contribution in [2.24, 2.45) is 11.8 Å². The van der Waals surface area contributed by atoms with Crippen LogP contribution in [0.4, 0.5) is 13.2 Å². The molecule has 1 amide bonds. The highest BCUT2D eigenvalue weighted by molar-refractivity contribution is 7.93. The number of ether oxygens (including phenoxy) is 1. The molecule has 32 heavy (non-hydrogen) atoms. The van der Waals surface area contributed by atoms with E-state index in [0.29, 0.717) is 32.7 Å². The highest BCUT2D eigenvalue weighted by Gasteiger charge is 2.62. The number of sulfone groups is 1. The van der Waals surface area contributed by atoms with E-state index in [1.54, 1.807) is 11.1 Å². The second-order valence-electron chi connectivity index (χ2n) is 8.33. The van der Waals surface area contributed by atoms with Gasteiger partial charge in [0, 0.05) is 31.1 Å². The summed E-state index contributed by atoms with van der Waals surface area (Å²) in [5.41, 5.74) is 0.841. The molecule has 1 aromatic rings. The van der Waals surface area contributed by atoms with E-state index in [2.05, 4.69) is 4.98 Å². The van der Waals surface area contributed by atoms with Crippen molar-refractivity contribution >= 4 is 21.7 Å². The molecule has 3 fully saturated rings. The van der Waals surface area contributed by atoms with Crippen molar-refractivity contribution < 1.29 is 41.0 Å². The summed E-state index contributed by atoms with van der Waals surface area (Å²) in [5, 5.41) is 7.12. The highest BCUT2D eigenvalue weighted by atomic mass is 32.2. The number of carbonyl (C=O) groups is 2. The third-order valence-corrected chi connectivity index (χ3v) is 8.92. The van der Waals surface area contributed by atoms with Crippen LogP contribution in [0.5, 0.6) is 0 Å². The van der Waals surface area contributed by atoms with E-state index < -0.39 is 26.7 Å². The van der Waals surface area contributed by atoms with Gasteiger partial charge in [0.2, 0.25) is 5.91 Å². The normalized spacial score (nSPS) is 23.6. The number of amides is 1. The number of likely N-dealkylation sites (tertiary alicyclic amines) is 1.